The summed E-state index contributed by atoms with van der Waals surface area (Å²) in [4.78, 5) is 23.1. The molecule has 0 radical (unpaired) electrons. The zero-order chi connectivity index (χ0) is 13.7. The molecule has 0 saturated heterocycles. The molecular weight excluding hydrogens is 230 g/mol. The van der Waals surface area contributed by atoms with Gasteiger partial charge < -0.3 is 16.4 Å². The van der Waals surface area contributed by atoms with Gasteiger partial charge in [-0.1, -0.05) is 6.07 Å². The largest absolute Gasteiger partial charge is 0.350 e. The topological polar surface area (TPSA) is 84.2 Å². The van der Waals surface area contributed by atoms with Crippen LogP contribution in [-0.4, -0.2) is 24.4 Å². The number of hydrogen-bond acceptors (Lipinski definition) is 3. The highest BCUT2D eigenvalue weighted by molar-refractivity contribution is 5.98. The molecule has 18 heavy (non-hydrogen) atoms. The second kappa shape index (κ2) is 6.16. The molecule has 0 bridgehead atoms. The minimum atomic E-state index is -0.283. The zero-order valence-electron chi connectivity index (χ0n) is 10.9. The molecule has 0 aliphatic heterocycles. The van der Waals surface area contributed by atoms with Crippen LogP contribution in [-0.2, 0) is 4.79 Å². The highest BCUT2D eigenvalue weighted by atomic mass is 16.2. The van der Waals surface area contributed by atoms with Crippen molar-refractivity contribution in [2.75, 3.05) is 11.9 Å². The fraction of sp³-hybridized carbons (Fsp3) is 0.385. The second-order valence-electron chi connectivity index (χ2n) is 4.41. The summed E-state index contributed by atoms with van der Waals surface area (Å²) in [6.07, 6.45) is 0. The Morgan fingerprint density at radius 3 is 2.56 bits per heavy atom. The molecule has 1 aromatic rings. The van der Waals surface area contributed by atoms with Crippen LogP contribution in [0, 0.1) is 6.92 Å². The molecule has 0 spiro atoms. The van der Waals surface area contributed by atoms with Gasteiger partial charge in [-0.05, 0) is 38.5 Å². The molecule has 5 nitrogen and oxygen atoms in total. The Morgan fingerprint density at radius 2 is 2.00 bits per heavy atom. The molecule has 4 N–H and O–H groups in total. The average Bonchev–Trinajstić information content (AvgIpc) is 2.30. The fourth-order valence-electron chi connectivity index (χ4n) is 1.50. The quantitative estimate of drug-likeness (QED) is 0.745. The lowest BCUT2D eigenvalue weighted by molar-refractivity contribution is -0.114. The van der Waals surface area contributed by atoms with Gasteiger partial charge in [0.15, 0.2) is 0 Å². The van der Waals surface area contributed by atoms with E-state index in [2.05, 4.69) is 10.6 Å². The van der Waals surface area contributed by atoms with Crippen LogP contribution < -0.4 is 16.4 Å². The summed E-state index contributed by atoms with van der Waals surface area (Å²) in [5, 5.41) is 5.44. The molecule has 0 heterocycles. The maximum absolute atomic E-state index is 11.9. The Morgan fingerprint density at radius 1 is 1.33 bits per heavy atom. The van der Waals surface area contributed by atoms with Gasteiger partial charge in [0.1, 0.15) is 0 Å². The van der Waals surface area contributed by atoms with Gasteiger partial charge in [0.2, 0.25) is 5.91 Å². The Kier molecular flexibility index (Phi) is 4.85. The number of carbonyl (C=O) groups is 2. The van der Waals surface area contributed by atoms with E-state index >= 15 is 0 Å². The third-order valence-corrected chi connectivity index (χ3v) is 2.37. The van der Waals surface area contributed by atoms with Crippen molar-refractivity contribution in [2.24, 2.45) is 5.73 Å². The van der Waals surface area contributed by atoms with Gasteiger partial charge in [-0.3, -0.25) is 9.59 Å². The first-order chi connectivity index (χ1) is 8.43. The molecule has 1 rings (SSSR count). The van der Waals surface area contributed by atoms with Crippen LogP contribution in [0.25, 0.3) is 0 Å². The lowest BCUT2D eigenvalue weighted by atomic mass is 10.1. The van der Waals surface area contributed by atoms with Crippen LogP contribution in [0.5, 0.6) is 0 Å². The molecule has 5 heteroatoms. The Hall–Kier alpha value is -1.88. The maximum Gasteiger partial charge on any atom is 0.251 e. The Balaban J connectivity index is 2.94. The van der Waals surface area contributed by atoms with E-state index in [4.69, 9.17) is 5.73 Å². The van der Waals surface area contributed by atoms with Crippen molar-refractivity contribution < 1.29 is 9.59 Å². The van der Waals surface area contributed by atoms with Crippen molar-refractivity contribution in [2.45, 2.75) is 26.8 Å². The number of nitrogens with two attached hydrogens (primary N) is 1. The first-order valence-electron chi connectivity index (χ1n) is 5.85. The predicted molar refractivity (Wildman–Crippen MR) is 71.5 cm³/mol. The molecular formula is C13H19N3O2. The Bertz CT molecular complexity index is 456. The van der Waals surface area contributed by atoms with Gasteiger partial charge in [0, 0.05) is 17.3 Å². The third kappa shape index (κ3) is 3.85. The van der Waals surface area contributed by atoms with Crippen LogP contribution in [0.15, 0.2) is 18.2 Å². The molecule has 0 unspecified atom stereocenters. The minimum Gasteiger partial charge on any atom is -0.350 e. The van der Waals surface area contributed by atoms with E-state index in [0.717, 1.165) is 5.56 Å². The average molecular weight is 249 g/mol. The van der Waals surface area contributed by atoms with E-state index in [1.807, 2.05) is 20.8 Å². The number of amides is 2. The minimum absolute atomic E-state index is 0.0687. The van der Waals surface area contributed by atoms with E-state index in [1.54, 1.807) is 18.2 Å². The fourth-order valence-corrected chi connectivity index (χ4v) is 1.50. The second-order valence-corrected chi connectivity index (χ2v) is 4.41. The number of anilines is 1. The molecule has 2 amide bonds. The van der Waals surface area contributed by atoms with Crippen LogP contribution in [0.4, 0.5) is 5.69 Å². The number of benzene rings is 1. The van der Waals surface area contributed by atoms with Gasteiger partial charge >= 0.3 is 0 Å². The highest BCUT2D eigenvalue weighted by Crippen LogP contribution is 2.15. The van der Waals surface area contributed by atoms with E-state index in [9.17, 15) is 9.59 Å². The van der Waals surface area contributed by atoms with E-state index in [1.165, 1.54) is 0 Å². The number of aryl methyl sites for hydroxylation is 1. The zero-order valence-corrected chi connectivity index (χ0v) is 10.9. The SMILES string of the molecule is Cc1ccc(NC(=O)CN)cc1C(=O)NC(C)C. The number of rotatable bonds is 4. The molecule has 98 valence electrons. The van der Waals surface area contributed by atoms with Crippen LogP contribution in [0.1, 0.15) is 29.8 Å². The molecule has 0 atom stereocenters. The van der Waals surface area contributed by atoms with Crippen molar-refractivity contribution >= 4 is 17.5 Å². The standard InChI is InChI=1S/C13H19N3O2/c1-8(2)15-13(18)11-6-10(5-4-9(11)3)16-12(17)7-14/h4-6,8H,7,14H2,1-3H3,(H,15,18)(H,16,17). The van der Waals surface area contributed by atoms with Crippen LogP contribution in [0.3, 0.4) is 0 Å². The molecule has 0 aromatic heterocycles. The highest BCUT2D eigenvalue weighted by Gasteiger charge is 2.11. The van der Waals surface area contributed by atoms with E-state index in [0.29, 0.717) is 11.3 Å². The van der Waals surface area contributed by atoms with Gasteiger partial charge in [0.25, 0.3) is 5.91 Å². The molecule has 0 aliphatic carbocycles. The van der Waals surface area contributed by atoms with Gasteiger partial charge in [0.05, 0.1) is 6.54 Å². The van der Waals surface area contributed by atoms with Crippen molar-refractivity contribution in [3.8, 4) is 0 Å². The molecule has 0 saturated carbocycles. The third-order valence-electron chi connectivity index (χ3n) is 2.37. The molecule has 1 aromatic carbocycles. The first-order valence-corrected chi connectivity index (χ1v) is 5.85. The monoisotopic (exact) mass is 249 g/mol. The van der Waals surface area contributed by atoms with Crippen molar-refractivity contribution in [1.29, 1.82) is 0 Å². The lowest BCUT2D eigenvalue weighted by Crippen LogP contribution is -2.30. The number of nitrogens with one attached hydrogen (secondary N) is 2. The summed E-state index contributed by atoms with van der Waals surface area (Å²) in [6, 6.07) is 5.26. The summed E-state index contributed by atoms with van der Waals surface area (Å²) in [5.74, 6) is -0.430. The summed E-state index contributed by atoms with van der Waals surface area (Å²) >= 11 is 0. The maximum atomic E-state index is 11.9. The Labute approximate surface area is 107 Å². The van der Waals surface area contributed by atoms with Crippen LogP contribution >= 0.6 is 0 Å². The normalized spacial score (nSPS) is 10.3. The summed E-state index contributed by atoms with van der Waals surface area (Å²) in [6.45, 7) is 5.56. The summed E-state index contributed by atoms with van der Waals surface area (Å²) < 4.78 is 0. The van der Waals surface area contributed by atoms with E-state index in [-0.39, 0.29) is 24.4 Å². The van der Waals surface area contributed by atoms with Gasteiger partial charge in [-0.25, -0.2) is 0 Å². The van der Waals surface area contributed by atoms with E-state index < -0.39 is 0 Å². The number of hydrogen-bond donors (Lipinski definition) is 3. The summed E-state index contributed by atoms with van der Waals surface area (Å²) in [7, 11) is 0. The van der Waals surface area contributed by atoms with Crippen LogP contribution in [0.2, 0.25) is 0 Å². The van der Waals surface area contributed by atoms with Crippen molar-refractivity contribution in [3.05, 3.63) is 29.3 Å². The van der Waals surface area contributed by atoms with Gasteiger partial charge in [-0.15, -0.1) is 0 Å². The predicted octanol–water partition coefficient (Wildman–Crippen LogP) is 1.03. The molecule has 0 fully saturated rings. The smallest absolute Gasteiger partial charge is 0.251 e. The number of carbonyl (C=O) groups excluding carboxylic acids is 2. The summed E-state index contributed by atoms with van der Waals surface area (Å²) in [5.41, 5.74) is 7.21. The molecule has 0 aliphatic rings. The van der Waals surface area contributed by atoms with Crippen molar-refractivity contribution in [1.82, 2.24) is 5.32 Å². The van der Waals surface area contributed by atoms with Gasteiger partial charge in [-0.2, -0.15) is 0 Å². The lowest BCUT2D eigenvalue weighted by Gasteiger charge is -2.12. The first kappa shape index (κ1) is 14.2. The van der Waals surface area contributed by atoms with Crippen molar-refractivity contribution in [3.63, 3.8) is 0 Å².